The average molecular weight is 367 g/mol. The van der Waals surface area contributed by atoms with E-state index < -0.39 is 0 Å². The second-order valence-corrected chi connectivity index (χ2v) is 8.16. The van der Waals surface area contributed by atoms with Crippen molar-refractivity contribution in [3.63, 3.8) is 0 Å². The lowest BCUT2D eigenvalue weighted by molar-refractivity contribution is -0.130. The van der Waals surface area contributed by atoms with Crippen LogP contribution in [-0.4, -0.2) is 53.1 Å². The molecule has 0 radical (unpaired) electrons. The molecule has 1 aromatic rings. The maximum Gasteiger partial charge on any atom is 0.219 e. The highest BCUT2D eigenvalue weighted by Crippen LogP contribution is 2.26. The Bertz CT molecular complexity index is 760. The second kappa shape index (κ2) is 7.89. The van der Waals surface area contributed by atoms with Gasteiger partial charge < -0.3 is 14.9 Å². The SMILES string of the molecule is CC(=O)N1CCC(C(O)Cc2ccc3c(c2)CCN(C2=CC=C2)CC3)CC1. The van der Waals surface area contributed by atoms with Crippen LogP contribution in [0.15, 0.2) is 42.1 Å². The number of benzene rings is 1. The quantitative estimate of drug-likeness (QED) is 0.891. The minimum Gasteiger partial charge on any atom is -0.392 e. The number of carbonyl (C=O) groups excluding carboxylic acids is 1. The zero-order valence-corrected chi connectivity index (χ0v) is 16.2. The van der Waals surface area contributed by atoms with Gasteiger partial charge in [0.2, 0.25) is 5.91 Å². The molecular formula is C23H30N2O2. The molecule has 3 aliphatic rings. The molecule has 1 aromatic carbocycles. The number of rotatable bonds is 4. The van der Waals surface area contributed by atoms with E-state index in [9.17, 15) is 9.90 Å². The molecule has 4 rings (SSSR count). The van der Waals surface area contributed by atoms with Gasteiger partial charge in [0.25, 0.3) is 0 Å². The van der Waals surface area contributed by atoms with Crippen LogP contribution in [0.1, 0.15) is 36.5 Å². The van der Waals surface area contributed by atoms with Crippen LogP contribution in [0.3, 0.4) is 0 Å². The smallest absolute Gasteiger partial charge is 0.219 e. The van der Waals surface area contributed by atoms with Crippen molar-refractivity contribution in [1.29, 1.82) is 0 Å². The molecule has 0 aromatic heterocycles. The molecule has 4 nitrogen and oxygen atoms in total. The van der Waals surface area contributed by atoms with E-state index in [0.717, 1.165) is 58.3 Å². The van der Waals surface area contributed by atoms with Crippen LogP contribution in [0, 0.1) is 5.92 Å². The third kappa shape index (κ3) is 4.11. The highest BCUT2D eigenvalue weighted by Gasteiger charge is 2.26. The Labute approximate surface area is 162 Å². The van der Waals surface area contributed by atoms with Crippen molar-refractivity contribution in [2.24, 2.45) is 5.92 Å². The summed E-state index contributed by atoms with van der Waals surface area (Å²) >= 11 is 0. The molecule has 0 saturated carbocycles. The van der Waals surface area contributed by atoms with E-state index in [4.69, 9.17) is 0 Å². The molecule has 1 saturated heterocycles. The van der Waals surface area contributed by atoms with Crippen LogP contribution in [0.2, 0.25) is 0 Å². The Morgan fingerprint density at radius 2 is 1.85 bits per heavy atom. The Hall–Kier alpha value is -2.07. The van der Waals surface area contributed by atoms with E-state index >= 15 is 0 Å². The number of carbonyl (C=O) groups is 1. The normalized spacial score (nSPS) is 21.2. The molecule has 0 bridgehead atoms. The molecule has 1 fully saturated rings. The van der Waals surface area contributed by atoms with Crippen LogP contribution >= 0.6 is 0 Å². The molecule has 1 aliphatic carbocycles. The van der Waals surface area contributed by atoms with Gasteiger partial charge in [-0.3, -0.25) is 4.79 Å². The fourth-order valence-corrected chi connectivity index (χ4v) is 4.56. The predicted molar refractivity (Wildman–Crippen MR) is 107 cm³/mol. The van der Waals surface area contributed by atoms with E-state index in [2.05, 4.69) is 41.3 Å². The van der Waals surface area contributed by atoms with Crippen molar-refractivity contribution in [2.75, 3.05) is 26.2 Å². The summed E-state index contributed by atoms with van der Waals surface area (Å²) < 4.78 is 0. The summed E-state index contributed by atoms with van der Waals surface area (Å²) in [5.74, 6) is 0.447. The minimum atomic E-state index is -0.315. The van der Waals surface area contributed by atoms with Gasteiger partial charge in [0.05, 0.1) is 6.10 Å². The fraction of sp³-hybridized carbons (Fsp3) is 0.522. The monoisotopic (exact) mass is 366 g/mol. The van der Waals surface area contributed by atoms with Gasteiger partial charge >= 0.3 is 0 Å². The van der Waals surface area contributed by atoms with Gasteiger partial charge in [-0.1, -0.05) is 24.3 Å². The number of allylic oxidation sites excluding steroid dienone is 3. The van der Waals surface area contributed by atoms with Crippen LogP contribution in [0.4, 0.5) is 0 Å². The molecular weight excluding hydrogens is 336 g/mol. The average Bonchev–Trinajstić information content (AvgIpc) is 2.83. The standard InChI is InChI=1S/C23H30N2O2/c1-17(26)24-11-8-20(9-12-24)23(27)16-18-5-6-19-7-13-25(22-3-2-4-22)14-10-21(19)15-18/h2-6,15,20,23,27H,7-14,16H2,1H3. The summed E-state index contributed by atoms with van der Waals surface area (Å²) in [5.41, 5.74) is 5.49. The van der Waals surface area contributed by atoms with Crippen molar-refractivity contribution in [3.05, 3.63) is 58.8 Å². The first-order valence-electron chi connectivity index (χ1n) is 10.3. The van der Waals surface area contributed by atoms with E-state index in [0.29, 0.717) is 5.92 Å². The lowest BCUT2D eigenvalue weighted by Crippen LogP contribution is -2.40. The molecule has 2 aliphatic heterocycles. The number of aliphatic hydroxyl groups is 1. The Balaban J connectivity index is 1.35. The van der Waals surface area contributed by atoms with Crippen molar-refractivity contribution < 1.29 is 9.90 Å². The fourth-order valence-electron chi connectivity index (χ4n) is 4.56. The summed E-state index contributed by atoms with van der Waals surface area (Å²) in [4.78, 5) is 15.8. The number of likely N-dealkylation sites (tertiary alicyclic amines) is 1. The van der Waals surface area contributed by atoms with Gasteiger partial charge in [0, 0.05) is 38.8 Å². The van der Waals surface area contributed by atoms with Crippen molar-refractivity contribution in [1.82, 2.24) is 9.80 Å². The van der Waals surface area contributed by atoms with Gasteiger partial charge in [-0.2, -0.15) is 0 Å². The molecule has 27 heavy (non-hydrogen) atoms. The van der Waals surface area contributed by atoms with Gasteiger partial charge in [-0.15, -0.1) is 0 Å². The number of amides is 1. The molecule has 1 unspecified atom stereocenters. The summed E-state index contributed by atoms with van der Waals surface area (Å²) in [6.45, 7) is 5.34. The third-order valence-corrected chi connectivity index (χ3v) is 6.45. The zero-order chi connectivity index (χ0) is 18.8. The van der Waals surface area contributed by atoms with E-state index in [1.807, 2.05) is 4.90 Å². The van der Waals surface area contributed by atoms with Crippen LogP contribution in [-0.2, 0) is 24.1 Å². The van der Waals surface area contributed by atoms with Crippen LogP contribution < -0.4 is 0 Å². The second-order valence-electron chi connectivity index (χ2n) is 8.16. The van der Waals surface area contributed by atoms with Crippen LogP contribution in [0.25, 0.3) is 0 Å². The Morgan fingerprint density at radius 1 is 1.15 bits per heavy atom. The number of aliphatic hydroxyl groups excluding tert-OH is 1. The number of piperidine rings is 1. The number of hydrogen-bond acceptors (Lipinski definition) is 3. The topological polar surface area (TPSA) is 43.8 Å². The first kappa shape index (κ1) is 18.3. The lowest BCUT2D eigenvalue weighted by Gasteiger charge is -2.33. The lowest BCUT2D eigenvalue weighted by atomic mass is 9.87. The van der Waals surface area contributed by atoms with Crippen molar-refractivity contribution in [2.45, 2.75) is 45.1 Å². The van der Waals surface area contributed by atoms with Crippen LogP contribution in [0.5, 0.6) is 0 Å². The first-order valence-corrected chi connectivity index (χ1v) is 10.3. The number of hydrogen-bond donors (Lipinski definition) is 1. The van der Waals surface area contributed by atoms with Gasteiger partial charge in [-0.25, -0.2) is 0 Å². The molecule has 1 N–H and O–H groups in total. The summed E-state index contributed by atoms with van der Waals surface area (Å²) in [7, 11) is 0. The third-order valence-electron chi connectivity index (χ3n) is 6.45. The highest BCUT2D eigenvalue weighted by atomic mass is 16.3. The molecule has 1 amide bonds. The maximum atomic E-state index is 11.5. The maximum absolute atomic E-state index is 11.5. The predicted octanol–water partition coefficient (Wildman–Crippen LogP) is 2.70. The molecule has 0 spiro atoms. The van der Waals surface area contributed by atoms with E-state index in [1.54, 1.807) is 6.92 Å². The Kier molecular flexibility index (Phi) is 5.35. The summed E-state index contributed by atoms with van der Waals surface area (Å²) in [5, 5.41) is 10.7. The zero-order valence-electron chi connectivity index (χ0n) is 16.2. The minimum absolute atomic E-state index is 0.149. The van der Waals surface area contributed by atoms with Gasteiger partial charge in [0.15, 0.2) is 0 Å². The molecule has 4 heteroatoms. The first-order chi connectivity index (χ1) is 13.1. The highest BCUT2D eigenvalue weighted by molar-refractivity contribution is 5.73. The van der Waals surface area contributed by atoms with Gasteiger partial charge in [0.1, 0.15) is 0 Å². The van der Waals surface area contributed by atoms with Crippen molar-refractivity contribution >= 4 is 5.91 Å². The van der Waals surface area contributed by atoms with E-state index in [-0.39, 0.29) is 12.0 Å². The largest absolute Gasteiger partial charge is 0.392 e. The molecule has 2 heterocycles. The number of fused-ring (bicyclic) bond motifs is 1. The van der Waals surface area contributed by atoms with Gasteiger partial charge in [-0.05, 0) is 66.9 Å². The van der Waals surface area contributed by atoms with Crippen molar-refractivity contribution in [3.8, 4) is 0 Å². The Morgan fingerprint density at radius 3 is 2.48 bits per heavy atom. The molecule has 144 valence electrons. The summed E-state index contributed by atoms with van der Waals surface area (Å²) in [6, 6.07) is 6.78. The number of nitrogens with zero attached hydrogens (tertiary/aromatic N) is 2. The van der Waals surface area contributed by atoms with E-state index in [1.165, 1.54) is 22.4 Å². The summed E-state index contributed by atoms with van der Waals surface area (Å²) in [6.07, 6.45) is 10.9. The molecule has 1 atom stereocenters.